The van der Waals surface area contributed by atoms with E-state index in [-0.39, 0.29) is 18.9 Å². The normalized spacial score (nSPS) is 18.0. The largest absolute Gasteiger partial charge is 0.497 e. The summed E-state index contributed by atoms with van der Waals surface area (Å²) in [5.41, 5.74) is -0.151. The van der Waals surface area contributed by atoms with Gasteiger partial charge in [-0.1, -0.05) is 13.8 Å². The number of carboxylic acid groups (broad SMARTS) is 1. The highest BCUT2D eigenvalue weighted by atomic mass is 16.6. The van der Waals surface area contributed by atoms with E-state index in [9.17, 15) is 19.5 Å². The van der Waals surface area contributed by atoms with E-state index >= 15 is 0 Å². The molecule has 1 aliphatic heterocycles. The summed E-state index contributed by atoms with van der Waals surface area (Å²) in [5, 5.41) is 17.5. The molecule has 1 fully saturated rings. The lowest BCUT2D eigenvalue weighted by atomic mass is 10.0. The predicted octanol–water partition coefficient (Wildman–Crippen LogP) is 3.41. The third kappa shape index (κ3) is 6.44. The van der Waals surface area contributed by atoms with E-state index in [1.54, 1.807) is 83.1 Å². The number of aliphatic carboxylic acids is 1. The number of likely N-dealkylation sites (tertiary alicyclic amines) is 1. The topological polar surface area (TPSA) is 145 Å². The number of carbonyl (C=O) groups is 3. The Morgan fingerprint density at radius 1 is 1.18 bits per heavy atom. The van der Waals surface area contributed by atoms with Crippen LogP contribution in [0.15, 0.2) is 42.7 Å². The summed E-state index contributed by atoms with van der Waals surface area (Å²) >= 11 is 0. The van der Waals surface area contributed by atoms with Crippen LogP contribution in [0.2, 0.25) is 0 Å². The second-order valence-corrected chi connectivity index (χ2v) is 11.0. The zero-order valence-electron chi connectivity index (χ0n) is 23.5. The molecule has 0 spiro atoms. The van der Waals surface area contributed by atoms with Crippen LogP contribution >= 0.6 is 0 Å². The summed E-state index contributed by atoms with van der Waals surface area (Å²) in [6.07, 6.45) is 2.07. The van der Waals surface area contributed by atoms with Crippen LogP contribution in [0.25, 0.3) is 16.7 Å². The third-order valence-electron chi connectivity index (χ3n) is 6.43. The molecular formula is C28H35N5O7. The van der Waals surface area contributed by atoms with E-state index in [4.69, 9.17) is 14.2 Å². The maximum atomic E-state index is 13.6. The molecule has 0 bridgehead atoms. The summed E-state index contributed by atoms with van der Waals surface area (Å²) in [6.45, 7) is 8.73. The highest BCUT2D eigenvalue weighted by Gasteiger charge is 2.44. The number of nitrogens with one attached hydrogen (secondary N) is 1. The van der Waals surface area contributed by atoms with Gasteiger partial charge in [-0.2, -0.15) is 5.10 Å². The Kier molecular flexibility index (Phi) is 8.17. The van der Waals surface area contributed by atoms with Gasteiger partial charge < -0.3 is 29.5 Å². The molecule has 0 aliphatic carbocycles. The number of rotatable bonds is 8. The van der Waals surface area contributed by atoms with E-state index in [0.717, 1.165) is 0 Å². The van der Waals surface area contributed by atoms with E-state index in [0.29, 0.717) is 28.2 Å². The van der Waals surface area contributed by atoms with Crippen molar-refractivity contribution in [2.75, 3.05) is 13.7 Å². The first-order valence-electron chi connectivity index (χ1n) is 13.0. The van der Waals surface area contributed by atoms with E-state index in [1.165, 1.54) is 4.90 Å². The fourth-order valence-electron chi connectivity index (χ4n) is 4.58. The first-order valence-corrected chi connectivity index (χ1v) is 13.0. The lowest BCUT2D eigenvalue weighted by molar-refractivity contribution is -0.149. The molecule has 2 N–H and O–H groups in total. The monoisotopic (exact) mass is 553 g/mol. The minimum Gasteiger partial charge on any atom is -0.497 e. The molecule has 3 atom stereocenters. The standard InChI is InChI=1S/C28H35N5O7/c1-16(2)24(31-27(37)40-28(3,4)5)25(34)32-15-18(13-21(32)26(35)36)39-22-14-23(33-11-7-10-29-33)30-20-12-17(38-6)8-9-19(20)22/h7-12,14,16,18,21,24H,13,15H2,1-6H3,(H,31,37)(H,35,36)/t18-,21-,24-/m0/s1. The van der Waals surface area contributed by atoms with Crippen molar-refractivity contribution in [1.82, 2.24) is 25.0 Å². The molecule has 0 saturated carbocycles. The lowest BCUT2D eigenvalue weighted by Crippen LogP contribution is -2.54. The van der Waals surface area contributed by atoms with Gasteiger partial charge in [0, 0.05) is 36.3 Å². The van der Waals surface area contributed by atoms with Crippen molar-refractivity contribution in [1.29, 1.82) is 0 Å². The second kappa shape index (κ2) is 11.4. The molecule has 1 aliphatic rings. The number of methoxy groups -OCH3 is 1. The first kappa shape index (κ1) is 28.7. The van der Waals surface area contributed by atoms with E-state index < -0.39 is 41.8 Å². The number of ether oxygens (including phenoxy) is 3. The van der Waals surface area contributed by atoms with Crippen molar-refractivity contribution in [2.45, 2.75) is 64.8 Å². The average Bonchev–Trinajstić information content (AvgIpc) is 3.56. The Hall–Kier alpha value is -4.35. The van der Waals surface area contributed by atoms with E-state index in [1.807, 2.05) is 6.07 Å². The van der Waals surface area contributed by atoms with Gasteiger partial charge >= 0.3 is 12.1 Å². The molecule has 0 radical (unpaired) electrons. The molecular weight excluding hydrogens is 518 g/mol. The first-order chi connectivity index (χ1) is 18.9. The van der Waals surface area contributed by atoms with Crippen LogP contribution in [0.3, 0.4) is 0 Å². The van der Waals surface area contributed by atoms with Gasteiger partial charge in [-0.25, -0.2) is 19.3 Å². The highest BCUT2D eigenvalue weighted by Crippen LogP contribution is 2.33. The second-order valence-electron chi connectivity index (χ2n) is 11.0. The van der Waals surface area contributed by atoms with E-state index in [2.05, 4.69) is 15.4 Å². The molecule has 3 heterocycles. The molecule has 4 rings (SSSR count). The van der Waals surface area contributed by atoms with Crippen molar-refractivity contribution in [3.63, 3.8) is 0 Å². The molecule has 12 nitrogen and oxygen atoms in total. The molecule has 1 saturated heterocycles. The predicted molar refractivity (Wildman–Crippen MR) is 146 cm³/mol. The van der Waals surface area contributed by atoms with Gasteiger partial charge in [0.15, 0.2) is 5.82 Å². The Bertz CT molecular complexity index is 1380. The number of carboxylic acids is 1. The van der Waals surface area contributed by atoms with Gasteiger partial charge in [-0.05, 0) is 44.9 Å². The highest BCUT2D eigenvalue weighted by molar-refractivity contribution is 5.90. The van der Waals surface area contributed by atoms with Crippen LogP contribution in [-0.4, -0.2) is 80.2 Å². The van der Waals surface area contributed by atoms with Crippen molar-refractivity contribution >= 4 is 28.9 Å². The van der Waals surface area contributed by atoms with Crippen molar-refractivity contribution in [2.24, 2.45) is 5.92 Å². The van der Waals surface area contributed by atoms with Gasteiger partial charge in [-0.3, -0.25) is 4.79 Å². The van der Waals surface area contributed by atoms with Gasteiger partial charge in [-0.15, -0.1) is 0 Å². The Balaban J connectivity index is 1.61. The molecule has 0 unspecified atom stereocenters. The molecule has 214 valence electrons. The van der Waals surface area contributed by atoms with Crippen molar-refractivity contribution < 1.29 is 33.7 Å². The number of alkyl carbamates (subject to hydrolysis) is 1. The fourth-order valence-corrected chi connectivity index (χ4v) is 4.58. The van der Waals surface area contributed by atoms with Gasteiger partial charge in [0.05, 0.1) is 19.2 Å². The molecule has 12 heteroatoms. The van der Waals surface area contributed by atoms with Gasteiger partial charge in [0.2, 0.25) is 5.91 Å². The Morgan fingerprint density at radius 2 is 1.93 bits per heavy atom. The minimum absolute atomic E-state index is 0.0199. The third-order valence-corrected chi connectivity index (χ3v) is 6.43. The number of hydrogen-bond acceptors (Lipinski definition) is 8. The fraction of sp³-hybridized carbons (Fsp3) is 0.464. The summed E-state index contributed by atoms with van der Waals surface area (Å²) in [7, 11) is 1.56. The van der Waals surface area contributed by atoms with Gasteiger partial charge in [0.25, 0.3) is 0 Å². The van der Waals surface area contributed by atoms with Crippen LogP contribution < -0.4 is 14.8 Å². The lowest BCUT2D eigenvalue weighted by Gasteiger charge is -2.30. The Labute approximate surface area is 232 Å². The van der Waals surface area contributed by atoms with Crippen LogP contribution in [0.1, 0.15) is 41.0 Å². The molecule has 2 amide bonds. The minimum atomic E-state index is -1.15. The average molecular weight is 554 g/mol. The number of fused-ring (bicyclic) bond motifs is 1. The van der Waals surface area contributed by atoms with Crippen LogP contribution in [0.5, 0.6) is 11.5 Å². The summed E-state index contributed by atoms with van der Waals surface area (Å²) < 4.78 is 18.6. The Morgan fingerprint density at radius 3 is 2.52 bits per heavy atom. The maximum absolute atomic E-state index is 13.6. The summed E-state index contributed by atoms with van der Waals surface area (Å²) in [6, 6.07) is 6.76. The number of nitrogens with zero attached hydrogens (tertiary/aromatic N) is 4. The number of amides is 2. The van der Waals surface area contributed by atoms with Crippen LogP contribution in [0, 0.1) is 5.92 Å². The van der Waals surface area contributed by atoms with Crippen LogP contribution in [0.4, 0.5) is 4.79 Å². The number of carbonyl (C=O) groups excluding carboxylic acids is 2. The number of pyridine rings is 1. The molecule has 3 aromatic rings. The number of aromatic nitrogens is 3. The van der Waals surface area contributed by atoms with Gasteiger partial charge in [0.1, 0.15) is 35.3 Å². The van der Waals surface area contributed by atoms with Crippen molar-refractivity contribution in [3.05, 3.63) is 42.7 Å². The SMILES string of the molecule is COc1ccc2c(O[C@H]3C[C@@H](C(=O)O)N(C(=O)[C@@H](NC(=O)OC(C)(C)C)C(C)C)C3)cc(-n3cccn3)nc2c1. The van der Waals surface area contributed by atoms with Crippen LogP contribution in [-0.2, 0) is 14.3 Å². The maximum Gasteiger partial charge on any atom is 0.408 e. The summed E-state index contributed by atoms with van der Waals surface area (Å²) in [4.78, 5) is 44.2. The van der Waals surface area contributed by atoms with Crippen molar-refractivity contribution in [3.8, 4) is 17.3 Å². The zero-order valence-corrected chi connectivity index (χ0v) is 23.5. The quantitative estimate of drug-likeness (QED) is 0.429. The summed E-state index contributed by atoms with van der Waals surface area (Å²) in [5.74, 6) is -0.395. The number of hydrogen-bond donors (Lipinski definition) is 2. The zero-order chi connectivity index (χ0) is 29.2. The number of benzene rings is 1. The molecule has 2 aromatic heterocycles. The molecule has 40 heavy (non-hydrogen) atoms. The molecule has 1 aromatic carbocycles. The smallest absolute Gasteiger partial charge is 0.408 e.